The molecule has 2 heterocycles. The van der Waals surface area contributed by atoms with Crippen LogP contribution in [0.2, 0.25) is 0 Å². The summed E-state index contributed by atoms with van der Waals surface area (Å²) in [6, 6.07) is 2.02. The predicted molar refractivity (Wildman–Crippen MR) is 107 cm³/mol. The van der Waals surface area contributed by atoms with Crippen LogP contribution in [0.5, 0.6) is 0 Å². The van der Waals surface area contributed by atoms with Gasteiger partial charge in [-0.2, -0.15) is 4.31 Å². The molecule has 0 unspecified atom stereocenters. The zero-order valence-electron chi connectivity index (χ0n) is 17.0. The normalized spacial score (nSPS) is 15.7. The lowest BCUT2D eigenvalue weighted by Crippen LogP contribution is -2.50. The number of sulfonamides is 1. The summed E-state index contributed by atoms with van der Waals surface area (Å²) in [4.78, 5) is 22.9. The standard InChI is InChI=1S/C20H26N4O3S/c1-13-10-14(2)17(5)19(16(13)4)28(26,27)24-8-6-23(7-9-24)20(25)18-12-21-15(3)11-22-18/h10-12H,6-9H2,1-5H3. The molecule has 0 saturated carbocycles. The lowest BCUT2D eigenvalue weighted by atomic mass is 10.0. The molecule has 0 radical (unpaired) electrons. The number of carbonyl (C=O) groups is 1. The SMILES string of the molecule is Cc1cnc(C(=O)N2CCN(S(=O)(=O)c3c(C)c(C)cc(C)c3C)CC2)cn1. The third-order valence-electron chi connectivity index (χ3n) is 5.42. The van der Waals surface area contributed by atoms with Crippen LogP contribution in [0.25, 0.3) is 0 Å². The third-order valence-corrected chi connectivity index (χ3v) is 7.59. The second kappa shape index (κ2) is 7.60. The maximum atomic E-state index is 13.3. The molecule has 8 heteroatoms. The Morgan fingerprint density at radius 3 is 1.96 bits per heavy atom. The van der Waals surface area contributed by atoms with Crippen LogP contribution >= 0.6 is 0 Å². The number of rotatable bonds is 3. The van der Waals surface area contributed by atoms with Crippen LogP contribution in [0.3, 0.4) is 0 Å². The van der Waals surface area contributed by atoms with Gasteiger partial charge >= 0.3 is 0 Å². The van der Waals surface area contributed by atoms with Crippen LogP contribution in [0.1, 0.15) is 38.4 Å². The molecular formula is C20H26N4O3S. The Balaban J connectivity index is 1.79. The van der Waals surface area contributed by atoms with Crippen LogP contribution in [0.15, 0.2) is 23.4 Å². The Kier molecular flexibility index (Phi) is 5.54. The molecule has 0 aliphatic carbocycles. The maximum Gasteiger partial charge on any atom is 0.274 e. The Hall–Kier alpha value is -2.32. The number of piperazine rings is 1. The average molecular weight is 403 g/mol. The van der Waals surface area contributed by atoms with Gasteiger partial charge in [-0.05, 0) is 56.9 Å². The highest BCUT2D eigenvalue weighted by molar-refractivity contribution is 7.89. The molecule has 1 aliphatic rings. The van der Waals surface area contributed by atoms with E-state index in [0.717, 1.165) is 27.9 Å². The van der Waals surface area contributed by atoms with Gasteiger partial charge in [0.1, 0.15) is 5.69 Å². The van der Waals surface area contributed by atoms with Gasteiger partial charge in [0, 0.05) is 32.4 Å². The molecule has 1 aromatic heterocycles. The Bertz CT molecular complexity index is 982. The Morgan fingerprint density at radius 2 is 1.46 bits per heavy atom. The lowest BCUT2D eigenvalue weighted by molar-refractivity contribution is 0.0691. The summed E-state index contributed by atoms with van der Waals surface area (Å²) in [7, 11) is -3.62. The number of benzene rings is 1. The quantitative estimate of drug-likeness (QED) is 0.786. The van der Waals surface area contributed by atoms with Gasteiger partial charge in [0.15, 0.2) is 0 Å². The fraction of sp³-hybridized carbons (Fsp3) is 0.450. The van der Waals surface area contributed by atoms with E-state index < -0.39 is 10.0 Å². The Labute approximate surface area is 166 Å². The summed E-state index contributed by atoms with van der Waals surface area (Å²) >= 11 is 0. The highest BCUT2D eigenvalue weighted by Gasteiger charge is 2.33. The lowest BCUT2D eigenvalue weighted by Gasteiger charge is -2.34. The van der Waals surface area contributed by atoms with Gasteiger partial charge < -0.3 is 4.90 Å². The van der Waals surface area contributed by atoms with Crippen molar-refractivity contribution in [2.24, 2.45) is 0 Å². The topological polar surface area (TPSA) is 83.5 Å². The molecule has 0 spiro atoms. The van der Waals surface area contributed by atoms with Gasteiger partial charge in [0.25, 0.3) is 5.91 Å². The molecule has 1 amide bonds. The molecular weight excluding hydrogens is 376 g/mol. The van der Waals surface area contributed by atoms with Crippen molar-refractivity contribution in [3.63, 3.8) is 0 Å². The van der Waals surface area contributed by atoms with Crippen molar-refractivity contribution in [2.75, 3.05) is 26.2 Å². The number of carbonyl (C=O) groups excluding carboxylic acids is 1. The molecule has 150 valence electrons. The minimum atomic E-state index is -3.62. The van der Waals surface area contributed by atoms with Crippen LogP contribution in [0, 0.1) is 34.6 Å². The summed E-state index contributed by atoms with van der Waals surface area (Å²) in [5.41, 5.74) is 4.53. The number of nitrogens with zero attached hydrogens (tertiary/aromatic N) is 4. The molecule has 0 atom stereocenters. The minimum Gasteiger partial charge on any atom is -0.335 e. The number of hydrogen-bond acceptors (Lipinski definition) is 5. The van der Waals surface area contributed by atoms with Crippen molar-refractivity contribution in [3.05, 3.63) is 52.1 Å². The summed E-state index contributed by atoms with van der Waals surface area (Å²) in [5.74, 6) is -0.219. The van der Waals surface area contributed by atoms with Crippen molar-refractivity contribution in [1.29, 1.82) is 0 Å². The molecule has 0 bridgehead atoms. The first-order valence-corrected chi connectivity index (χ1v) is 10.7. The molecule has 28 heavy (non-hydrogen) atoms. The monoisotopic (exact) mass is 402 g/mol. The fourth-order valence-electron chi connectivity index (χ4n) is 3.49. The third kappa shape index (κ3) is 3.66. The average Bonchev–Trinajstić information content (AvgIpc) is 2.66. The van der Waals surface area contributed by atoms with Gasteiger partial charge in [-0.25, -0.2) is 13.4 Å². The maximum absolute atomic E-state index is 13.3. The molecule has 7 nitrogen and oxygen atoms in total. The summed E-state index contributed by atoms with van der Waals surface area (Å²) in [6.45, 7) is 10.6. The van der Waals surface area contributed by atoms with Gasteiger partial charge in [-0.15, -0.1) is 0 Å². The van der Waals surface area contributed by atoms with Crippen molar-refractivity contribution in [1.82, 2.24) is 19.2 Å². The van der Waals surface area contributed by atoms with E-state index in [2.05, 4.69) is 9.97 Å². The molecule has 1 aliphatic heterocycles. The first-order chi connectivity index (χ1) is 13.1. The zero-order valence-corrected chi connectivity index (χ0v) is 17.8. The second-order valence-corrected chi connectivity index (χ2v) is 9.20. The second-order valence-electron chi connectivity index (χ2n) is 7.33. The summed E-state index contributed by atoms with van der Waals surface area (Å²) in [5, 5.41) is 0. The van der Waals surface area contributed by atoms with E-state index in [1.807, 2.05) is 40.7 Å². The summed E-state index contributed by atoms with van der Waals surface area (Å²) < 4.78 is 28.1. The smallest absolute Gasteiger partial charge is 0.274 e. The van der Waals surface area contributed by atoms with Gasteiger partial charge in [0.05, 0.1) is 16.8 Å². The largest absolute Gasteiger partial charge is 0.335 e. The van der Waals surface area contributed by atoms with E-state index in [4.69, 9.17) is 0 Å². The van der Waals surface area contributed by atoms with Gasteiger partial charge in [-0.3, -0.25) is 9.78 Å². The van der Waals surface area contributed by atoms with Crippen LogP contribution in [-0.2, 0) is 10.0 Å². The van der Waals surface area contributed by atoms with Gasteiger partial charge in [0.2, 0.25) is 10.0 Å². The summed E-state index contributed by atoms with van der Waals surface area (Å²) in [6.07, 6.45) is 3.02. The number of amides is 1. The van der Waals surface area contributed by atoms with E-state index in [1.54, 1.807) is 11.1 Å². The van der Waals surface area contributed by atoms with E-state index in [0.29, 0.717) is 18.0 Å². The van der Waals surface area contributed by atoms with Crippen LogP contribution in [-0.4, -0.2) is 59.7 Å². The predicted octanol–water partition coefficient (Wildman–Crippen LogP) is 2.17. The molecule has 1 aromatic carbocycles. The van der Waals surface area contributed by atoms with E-state index in [9.17, 15) is 13.2 Å². The Morgan fingerprint density at radius 1 is 0.893 bits per heavy atom. The number of aryl methyl sites for hydroxylation is 3. The first-order valence-electron chi connectivity index (χ1n) is 9.28. The van der Waals surface area contributed by atoms with Gasteiger partial charge in [-0.1, -0.05) is 6.07 Å². The number of aromatic nitrogens is 2. The molecule has 2 aromatic rings. The fourth-order valence-corrected chi connectivity index (χ4v) is 5.49. The highest BCUT2D eigenvalue weighted by Crippen LogP contribution is 2.29. The molecule has 1 fully saturated rings. The van der Waals surface area contributed by atoms with Crippen LogP contribution in [0.4, 0.5) is 0 Å². The first kappa shape index (κ1) is 20.4. The number of hydrogen-bond donors (Lipinski definition) is 0. The van der Waals surface area contributed by atoms with Crippen molar-refractivity contribution in [2.45, 2.75) is 39.5 Å². The molecule has 0 N–H and O–H groups in total. The zero-order chi connectivity index (χ0) is 20.6. The van der Waals surface area contributed by atoms with Crippen molar-refractivity contribution < 1.29 is 13.2 Å². The highest BCUT2D eigenvalue weighted by atomic mass is 32.2. The van der Waals surface area contributed by atoms with E-state index in [1.165, 1.54) is 10.5 Å². The molecule has 1 saturated heterocycles. The van der Waals surface area contributed by atoms with Crippen molar-refractivity contribution >= 4 is 15.9 Å². The van der Waals surface area contributed by atoms with E-state index in [-0.39, 0.29) is 24.7 Å². The van der Waals surface area contributed by atoms with Crippen LogP contribution < -0.4 is 0 Å². The minimum absolute atomic E-state index is 0.219. The van der Waals surface area contributed by atoms with Crippen molar-refractivity contribution in [3.8, 4) is 0 Å². The molecule has 3 rings (SSSR count). The van der Waals surface area contributed by atoms with E-state index >= 15 is 0 Å².